The van der Waals surface area contributed by atoms with Crippen LogP contribution in [0.25, 0.3) is 0 Å². The molecular weight excluding hydrogens is 381 g/mol. The average molecular weight is 395 g/mol. The van der Waals surface area contributed by atoms with Gasteiger partial charge in [0.15, 0.2) is 5.76 Å². The maximum absolute atomic E-state index is 12.2. The molecule has 2 aromatic rings. The monoisotopic (exact) mass is 395 g/mol. The van der Waals surface area contributed by atoms with Crippen LogP contribution in [0.1, 0.15) is 50.6 Å². The van der Waals surface area contributed by atoms with Crippen LogP contribution in [0.15, 0.2) is 33.8 Å². The van der Waals surface area contributed by atoms with Gasteiger partial charge in [0.1, 0.15) is 11.7 Å². The largest absolute Gasteiger partial charge is 1.00 e. The summed E-state index contributed by atoms with van der Waals surface area (Å²) in [6, 6.07) is 5.12. The molecule has 0 bridgehead atoms. The summed E-state index contributed by atoms with van der Waals surface area (Å²) in [5.74, 6) is -1.64. The van der Waals surface area contributed by atoms with Crippen molar-refractivity contribution in [3.63, 3.8) is 0 Å². The molecule has 9 nitrogen and oxygen atoms in total. The number of fused-ring (bicyclic) bond motifs is 1. The number of non-ortho nitro benzene ring substituents is 1. The van der Waals surface area contributed by atoms with Crippen molar-refractivity contribution in [3.05, 3.63) is 62.6 Å². The number of nitro benzene ring substituents is 1. The summed E-state index contributed by atoms with van der Waals surface area (Å²) < 4.78 is 5.34. The van der Waals surface area contributed by atoms with Crippen LogP contribution in [-0.2, 0) is 6.42 Å². The molecule has 0 fully saturated rings. The van der Waals surface area contributed by atoms with Crippen LogP contribution >= 0.6 is 0 Å². The van der Waals surface area contributed by atoms with E-state index >= 15 is 0 Å². The second-order valence-corrected chi connectivity index (χ2v) is 5.80. The van der Waals surface area contributed by atoms with Crippen LogP contribution in [0.5, 0.6) is 0 Å². The SMILES string of the molecule is Cc1c(C(=O)[O-])oc2c1/C(=N/NC(=O)c1ccc([N+](=O)[O-])cc1)CCC2.[K+]. The van der Waals surface area contributed by atoms with E-state index in [0.29, 0.717) is 41.9 Å². The topological polar surface area (TPSA) is 138 Å². The molecule has 1 aromatic carbocycles. The molecule has 1 heterocycles. The summed E-state index contributed by atoms with van der Waals surface area (Å²) in [6.07, 6.45) is 1.85. The van der Waals surface area contributed by atoms with Gasteiger partial charge in [-0.05, 0) is 31.9 Å². The molecule has 0 radical (unpaired) electrons. The molecule has 0 spiro atoms. The molecule has 0 saturated carbocycles. The Morgan fingerprint density at radius 3 is 2.48 bits per heavy atom. The summed E-state index contributed by atoms with van der Waals surface area (Å²) >= 11 is 0. The van der Waals surface area contributed by atoms with E-state index in [1.807, 2.05) is 0 Å². The number of aromatic carboxylic acids is 1. The van der Waals surface area contributed by atoms with Gasteiger partial charge in [-0.25, -0.2) is 5.43 Å². The summed E-state index contributed by atoms with van der Waals surface area (Å²) in [5.41, 5.74) is 4.02. The Labute approximate surface area is 196 Å². The van der Waals surface area contributed by atoms with E-state index in [1.54, 1.807) is 6.92 Å². The third kappa shape index (κ3) is 4.53. The summed E-state index contributed by atoms with van der Waals surface area (Å²) in [5, 5.41) is 25.9. The maximum atomic E-state index is 12.2. The van der Waals surface area contributed by atoms with Gasteiger partial charge < -0.3 is 14.3 Å². The van der Waals surface area contributed by atoms with Crippen molar-refractivity contribution < 1.29 is 75.4 Å². The number of nitrogens with one attached hydrogen (secondary N) is 1. The van der Waals surface area contributed by atoms with E-state index in [9.17, 15) is 24.8 Å². The van der Waals surface area contributed by atoms with Crippen molar-refractivity contribution in [1.29, 1.82) is 0 Å². The number of aryl methyl sites for hydroxylation is 1. The van der Waals surface area contributed by atoms with Crippen molar-refractivity contribution in [2.24, 2.45) is 5.10 Å². The van der Waals surface area contributed by atoms with Crippen molar-refractivity contribution in [3.8, 4) is 0 Å². The Hall–Kier alpha value is -1.85. The fourth-order valence-electron chi connectivity index (χ4n) is 2.89. The first kappa shape index (κ1) is 21.4. The van der Waals surface area contributed by atoms with Crippen LogP contribution in [0.3, 0.4) is 0 Å². The zero-order valence-corrected chi connectivity index (χ0v) is 17.9. The van der Waals surface area contributed by atoms with E-state index in [0.717, 1.165) is 0 Å². The maximum Gasteiger partial charge on any atom is 1.00 e. The molecule has 0 saturated heterocycles. The first-order valence-corrected chi connectivity index (χ1v) is 7.84. The quantitative estimate of drug-likeness (QED) is 0.373. The van der Waals surface area contributed by atoms with Crippen LogP contribution < -0.4 is 61.9 Å². The first-order chi connectivity index (χ1) is 12.4. The number of furan rings is 1. The van der Waals surface area contributed by atoms with Gasteiger partial charge in [0, 0.05) is 35.2 Å². The van der Waals surface area contributed by atoms with Crippen molar-refractivity contribution in [2.75, 3.05) is 0 Å². The number of carbonyl (C=O) groups is 2. The Morgan fingerprint density at radius 2 is 1.89 bits per heavy atom. The minimum absolute atomic E-state index is 0. The number of carbonyl (C=O) groups excluding carboxylic acids is 2. The number of nitro groups is 1. The molecule has 3 rings (SSSR count). The van der Waals surface area contributed by atoms with Crippen LogP contribution in [0.2, 0.25) is 0 Å². The van der Waals surface area contributed by atoms with E-state index in [4.69, 9.17) is 4.42 Å². The Kier molecular flexibility index (Phi) is 7.06. The second-order valence-electron chi connectivity index (χ2n) is 5.80. The predicted octanol–water partition coefficient (Wildman–Crippen LogP) is -1.67. The van der Waals surface area contributed by atoms with E-state index in [-0.39, 0.29) is 68.4 Å². The van der Waals surface area contributed by atoms with Crippen LogP contribution in [-0.4, -0.2) is 22.5 Å². The first-order valence-electron chi connectivity index (χ1n) is 7.84. The molecule has 1 aliphatic carbocycles. The smallest absolute Gasteiger partial charge is 0.542 e. The number of carboxylic acid groups (broad SMARTS) is 1. The number of rotatable bonds is 4. The summed E-state index contributed by atoms with van der Waals surface area (Å²) in [4.78, 5) is 33.4. The number of hydrogen-bond donors (Lipinski definition) is 1. The number of amides is 1. The third-order valence-electron chi connectivity index (χ3n) is 4.14. The normalized spacial score (nSPS) is 14.2. The molecule has 134 valence electrons. The van der Waals surface area contributed by atoms with Gasteiger partial charge in [0.2, 0.25) is 0 Å². The van der Waals surface area contributed by atoms with Gasteiger partial charge in [-0.3, -0.25) is 14.9 Å². The van der Waals surface area contributed by atoms with Gasteiger partial charge in [-0.1, -0.05) is 0 Å². The second kappa shape index (κ2) is 8.89. The predicted molar refractivity (Wildman–Crippen MR) is 87.8 cm³/mol. The van der Waals surface area contributed by atoms with Crippen molar-refractivity contribution in [1.82, 2.24) is 5.43 Å². The Morgan fingerprint density at radius 1 is 1.22 bits per heavy atom. The van der Waals surface area contributed by atoms with Crippen molar-refractivity contribution in [2.45, 2.75) is 26.2 Å². The fraction of sp³-hybridized carbons (Fsp3) is 0.235. The average Bonchev–Trinajstić information content (AvgIpc) is 2.97. The van der Waals surface area contributed by atoms with Gasteiger partial charge in [0.05, 0.1) is 10.6 Å². The number of benzene rings is 1. The molecular formula is C17H14KN3O6. The van der Waals surface area contributed by atoms with Crippen LogP contribution in [0, 0.1) is 17.0 Å². The zero-order chi connectivity index (χ0) is 18.8. The Bertz CT molecular complexity index is 933. The van der Waals surface area contributed by atoms with Gasteiger partial charge in [-0.2, -0.15) is 5.10 Å². The summed E-state index contributed by atoms with van der Waals surface area (Å²) in [7, 11) is 0. The standard InChI is InChI=1S/C17H15N3O6.K/c1-9-14-12(3-2-4-13(14)26-15(9)17(22)23)18-19-16(21)10-5-7-11(8-6-10)20(24)25;/h5-8H,2-4H2,1H3,(H,19,21)(H,22,23);/q;+1/p-1/b18-12+;. The number of hydrazone groups is 1. The van der Waals surface area contributed by atoms with Crippen LogP contribution in [0.4, 0.5) is 5.69 Å². The number of nitrogens with zero attached hydrogens (tertiary/aromatic N) is 2. The fourth-order valence-corrected chi connectivity index (χ4v) is 2.89. The third-order valence-corrected chi connectivity index (χ3v) is 4.14. The van der Waals surface area contributed by atoms with E-state index < -0.39 is 16.8 Å². The molecule has 10 heteroatoms. The van der Waals surface area contributed by atoms with Gasteiger partial charge in [-0.15, -0.1) is 0 Å². The summed E-state index contributed by atoms with van der Waals surface area (Å²) in [6.45, 7) is 1.60. The molecule has 0 atom stereocenters. The van der Waals surface area contributed by atoms with Crippen molar-refractivity contribution >= 4 is 23.3 Å². The molecule has 1 N–H and O–H groups in total. The molecule has 0 aliphatic heterocycles. The van der Waals surface area contributed by atoms with Gasteiger partial charge >= 0.3 is 51.4 Å². The minimum Gasteiger partial charge on any atom is -0.542 e. The molecule has 1 aliphatic rings. The van der Waals surface area contributed by atoms with E-state index in [1.165, 1.54) is 24.3 Å². The molecule has 1 amide bonds. The molecule has 1 aromatic heterocycles. The van der Waals surface area contributed by atoms with E-state index in [2.05, 4.69) is 10.5 Å². The number of hydrogen-bond acceptors (Lipinski definition) is 7. The van der Waals surface area contributed by atoms with Gasteiger partial charge in [0.25, 0.3) is 11.6 Å². The molecule has 27 heavy (non-hydrogen) atoms. The minimum atomic E-state index is -1.40. The number of carboxylic acids is 1. The Balaban J connectivity index is 0.00000261. The molecule has 0 unspecified atom stereocenters. The zero-order valence-electron chi connectivity index (χ0n) is 14.8.